The van der Waals surface area contributed by atoms with Gasteiger partial charge in [0.15, 0.2) is 5.82 Å². The van der Waals surface area contributed by atoms with Crippen LogP contribution in [0.15, 0.2) is 21.7 Å². The number of carbonyl (C=O) groups excluding carboxylic acids is 1. The number of nitrogens with two attached hydrogens (primary N) is 1. The molecule has 2 aromatic rings. The standard InChI is InChI=1S/C17H26N6O4S/c1-12(2)8-15-19-16(27-20-15)11-22-4-6-23(7-5-22)28(25,26)13-9-14(17(18)24)21(3)10-13/h9-10,12H,4-8,11H2,1-3H3,(H2,18,24). The molecule has 1 amide bonds. The maximum atomic E-state index is 12.8. The molecule has 3 heterocycles. The monoisotopic (exact) mass is 410 g/mol. The van der Waals surface area contributed by atoms with Gasteiger partial charge in [-0.05, 0) is 12.0 Å². The quantitative estimate of drug-likeness (QED) is 0.691. The topological polar surface area (TPSA) is 128 Å². The van der Waals surface area contributed by atoms with Crippen LogP contribution in [0.2, 0.25) is 0 Å². The lowest BCUT2D eigenvalue weighted by Gasteiger charge is -2.32. The third kappa shape index (κ3) is 4.42. The van der Waals surface area contributed by atoms with Crippen molar-refractivity contribution < 1.29 is 17.7 Å². The Morgan fingerprint density at radius 2 is 1.96 bits per heavy atom. The van der Waals surface area contributed by atoms with E-state index in [1.165, 1.54) is 21.1 Å². The maximum Gasteiger partial charge on any atom is 0.265 e. The van der Waals surface area contributed by atoms with Crippen molar-refractivity contribution in [3.8, 4) is 0 Å². The molecule has 0 atom stereocenters. The zero-order chi connectivity index (χ0) is 20.5. The highest BCUT2D eigenvalue weighted by molar-refractivity contribution is 7.89. The van der Waals surface area contributed by atoms with Crippen LogP contribution in [0.5, 0.6) is 0 Å². The smallest absolute Gasteiger partial charge is 0.265 e. The Morgan fingerprint density at radius 3 is 2.54 bits per heavy atom. The average Bonchev–Trinajstić information content (AvgIpc) is 3.21. The van der Waals surface area contributed by atoms with Crippen LogP contribution in [0.1, 0.15) is 36.1 Å². The minimum absolute atomic E-state index is 0.0764. The highest BCUT2D eigenvalue weighted by Gasteiger charge is 2.30. The van der Waals surface area contributed by atoms with E-state index in [9.17, 15) is 13.2 Å². The van der Waals surface area contributed by atoms with E-state index in [0.29, 0.717) is 50.4 Å². The van der Waals surface area contributed by atoms with Crippen molar-refractivity contribution in [2.24, 2.45) is 18.7 Å². The zero-order valence-corrected chi connectivity index (χ0v) is 17.1. The van der Waals surface area contributed by atoms with Crippen LogP contribution in [0, 0.1) is 5.92 Å². The van der Waals surface area contributed by atoms with Crippen molar-refractivity contribution in [2.45, 2.75) is 31.7 Å². The first-order valence-corrected chi connectivity index (χ1v) is 10.6. The van der Waals surface area contributed by atoms with Crippen LogP contribution in [-0.2, 0) is 30.0 Å². The number of carbonyl (C=O) groups is 1. The second-order valence-electron chi connectivity index (χ2n) is 7.42. The Bertz CT molecular complexity index is 941. The van der Waals surface area contributed by atoms with Crippen LogP contribution < -0.4 is 5.73 Å². The van der Waals surface area contributed by atoms with Gasteiger partial charge in [0.05, 0.1) is 6.54 Å². The summed E-state index contributed by atoms with van der Waals surface area (Å²) in [7, 11) is -2.08. The number of aromatic nitrogens is 3. The number of hydrogen-bond acceptors (Lipinski definition) is 7. The predicted molar refractivity (Wildman–Crippen MR) is 101 cm³/mol. The van der Waals surface area contributed by atoms with Gasteiger partial charge in [0, 0.05) is 45.8 Å². The molecule has 0 bridgehead atoms. The molecule has 0 saturated carbocycles. The third-order valence-corrected chi connectivity index (χ3v) is 6.53. The molecule has 2 aromatic heterocycles. The fourth-order valence-electron chi connectivity index (χ4n) is 3.19. The summed E-state index contributed by atoms with van der Waals surface area (Å²) in [6, 6.07) is 1.32. The van der Waals surface area contributed by atoms with Crippen molar-refractivity contribution >= 4 is 15.9 Å². The van der Waals surface area contributed by atoms with Gasteiger partial charge in [-0.1, -0.05) is 19.0 Å². The van der Waals surface area contributed by atoms with Gasteiger partial charge in [0.1, 0.15) is 10.6 Å². The molecule has 0 aromatic carbocycles. The van der Waals surface area contributed by atoms with Crippen molar-refractivity contribution in [3.05, 3.63) is 29.7 Å². The van der Waals surface area contributed by atoms with E-state index in [1.54, 1.807) is 7.05 Å². The molecule has 1 fully saturated rings. The summed E-state index contributed by atoms with van der Waals surface area (Å²) in [4.78, 5) is 17.9. The first kappa shape index (κ1) is 20.5. The van der Waals surface area contributed by atoms with E-state index in [4.69, 9.17) is 10.3 Å². The number of amides is 1. The van der Waals surface area contributed by atoms with Crippen molar-refractivity contribution in [1.29, 1.82) is 0 Å². The number of hydrogen-bond donors (Lipinski definition) is 1. The minimum atomic E-state index is -3.68. The van der Waals surface area contributed by atoms with Gasteiger partial charge in [0.2, 0.25) is 15.9 Å². The van der Waals surface area contributed by atoms with Gasteiger partial charge in [0.25, 0.3) is 5.91 Å². The van der Waals surface area contributed by atoms with Crippen LogP contribution in [-0.4, -0.2) is 64.4 Å². The number of primary amides is 1. The molecule has 3 rings (SSSR count). The van der Waals surface area contributed by atoms with Crippen molar-refractivity contribution in [1.82, 2.24) is 23.9 Å². The molecule has 0 radical (unpaired) electrons. The molecule has 0 spiro atoms. The molecule has 154 valence electrons. The highest BCUT2D eigenvalue weighted by Crippen LogP contribution is 2.20. The molecule has 10 nitrogen and oxygen atoms in total. The lowest BCUT2D eigenvalue weighted by molar-refractivity contribution is 0.0992. The lowest BCUT2D eigenvalue weighted by atomic mass is 10.1. The molecule has 1 aliphatic rings. The van der Waals surface area contributed by atoms with Gasteiger partial charge in [-0.25, -0.2) is 8.42 Å². The van der Waals surface area contributed by atoms with Gasteiger partial charge < -0.3 is 14.8 Å². The Balaban J connectivity index is 1.60. The number of aryl methyl sites for hydroxylation is 1. The Morgan fingerprint density at radius 1 is 1.29 bits per heavy atom. The summed E-state index contributed by atoms with van der Waals surface area (Å²) < 4.78 is 33.8. The van der Waals surface area contributed by atoms with Crippen LogP contribution in [0.25, 0.3) is 0 Å². The Hall–Kier alpha value is -2.24. The number of sulfonamides is 1. The largest absolute Gasteiger partial charge is 0.364 e. The van der Waals surface area contributed by atoms with Crippen LogP contribution in [0.4, 0.5) is 0 Å². The van der Waals surface area contributed by atoms with Crippen LogP contribution in [0.3, 0.4) is 0 Å². The molecule has 0 unspecified atom stereocenters. The first-order chi connectivity index (χ1) is 13.2. The Labute approximate surface area is 164 Å². The molecule has 28 heavy (non-hydrogen) atoms. The molecular formula is C17H26N6O4S. The molecule has 2 N–H and O–H groups in total. The number of rotatable bonds is 7. The molecular weight excluding hydrogens is 384 g/mol. The van der Waals surface area contributed by atoms with Crippen molar-refractivity contribution in [3.63, 3.8) is 0 Å². The summed E-state index contributed by atoms with van der Waals surface area (Å²) in [5.74, 6) is 1.03. The molecule has 1 aliphatic heterocycles. The van der Waals surface area contributed by atoms with E-state index < -0.39 is 15.9 Å². The lowest BCUT2D eigenvalue weighted by Crippen LogP contribution is -2.48. The fourth-order valence-corrected chi connectivity index (χ4v) is 4.69. The summed E-state index contributed by atoms with van der Waals surface area (Å²) in [5.41, 5.74) is 5.43. The van der Waals surface area contributed by atoms with Gasteiger partial charge in [-0.15, -0.1) is 0 Å². The van der Waals surface area contributed by atoms with E-state index >= 15 is 0 Å². The number of piperazine rings is 1. The van der Waals surface area contributed by atoms with Crippen LogP contribution >= 0.6 is 0 Å². The zero-order valence-electron chi connectivity index (χ0n) is 16.3. The summed E-state index contributed by atoms with van der Waals surface area (Å²) >= 11 is 0. The SMILES string of the molecule is CC(C)Cc1noc(CN2CCN(S(=O)(=O)c3cc(C(N)=O)n(C)c3)CC2)n1. The second-order valence-corrected chi connectivity index (χ2v) is 9.36. The van der Waals surface area contributed by atoms with E-state index in [-0.39, 0.29) is 10.6 Å². The van der Waals surface area contributed by atoms with E-state index in [1.807, 2.05) is 0 Å². The maximum absolute atomic E-state index is 12.8. The highest BCUT2D eigenvalue weighted by atomic mass is 32.2. The first-order valence-electron chi connectivity index (χ1n) is 9.17. The second kappa shape index (κ2) is 8.02. The van der Waals surface area contributed by atoms with Gasteiger partial charge in [-0.3, -0.25) is 9.69 Å². The summed E-state index contributed by atoms with van der Waals surface area (Å²) in [5, 5.41) is 3.98. The molecule has 11 heteroatoms. The fraction of sp³-hybridized carbons (Fsp3) is 0.588. The normalized spacial score (nSPS) is 16.7. The van der Waals surface area contributed by atoms with Gasteiger partial charge in [-0.2, -0.15) is 9.29 Å². The average molecular weight is 411 g/mol. The molecule has 1 saturated heterocycles. The van der Waals surface area contributed by atoms with E-state index in [2.05, 4.69) is 28.9 Å². The molecule has 0 aliphatic carbocycles. The van der Waals surface area contributed by atoms with Crippen molar-refractivity contribution in [2.75, 3.05) is 26.2 Å². The summed E-state index contributed by atoms with van der Waals surface area (Å²) in [6.07, 6.45) is 2.18. The Kier molecular flexibility index (Phi) is 5.87. The van der Waals surface area contributed by atoms with E-state index in [0.717, 1.165) is 6.42 Å². The minimum Gasteiger partial charge on any atom is -0.364 e. The van der Waals surface area contributed by atoms with Gasteiger partial charge >= 0.3 is 0 Å². The third-order valence-electron chi connectivity index (χ3n) is 4.66. The summed E-state index contributed by atoms with van der Waals surface area (Å²) in [6.45, 7) is 6.47. The predicted octanol–water partition coefficient (Wildman–Crippen LogP) is 0.212. The number of nitrogens with zero attached hydrogens (tertiary/aromatic N) is 5.